The van der Waals surface area contributed by atoms with E-state index in [9.17, 15) is 4.79 Å². The van der Waals surface area contributed by atoms with Gasteiger partial charge >= 0.3 is 6.03 Å². The lowest BCUT2D eigenvalue weighted by atomic mass is 10.1. The molecule has 1 aromatic rings. The van der Waals surface area contributed by atoms with Crippen LogP contribution in [-0.2, 0) is 6.54 Å². The molecule has 1 unspecified atom stereocenters. The molecule has 0 aromatic heterocycles. The van der Waals surface area contributed by atoms with E-state index in [2.05, 4.69) is 24.5 Å². The van der Waals surface area contributed by atoms with Crippen molar-refractivity contribution in [2.75, 3.05) is 0 Å². The zero-order valence-corrected chi connectivity index (χ0v) is 13.9. The number of para-hydroxylation sites is 1. The highest BCUT2D eigenvalue weighted by molar-refractivity contribution is 5.74. The molecule has 2 rings (SSSR count). The van der Waals surface area contributed by atoms with Crippen LogP contribution < -0.4 is 15.4 Å². The number of benzene rings is 1. The monoisotopic (exact) mass is 304 g/mol. The van der Waals surface area contributed by atoms with Crippen LogP contribution in [0.1, 0.15) is 52.0 Å². The van der Waals surface area contributed by atoms with E-state index in [1.54, 1.807) is 0 Å². The second-order valence-electron chi connectivity index (χ2n) is 6.49. The molecular formula is C18H28N2O2. The van der Waals surface area contributed by atoms with E-state index in [1.165, 1.54) is 12.8 Å². The number of hydrogen-bond donors (Lipinski definition) is 2. The van der Waals surface area contributed by atoms with Crippen molar-refractivity contribution >= 4 is 6.03 Å². The Morgan fingerprint density at radius 3 is 2.59 bits per heavy atom. The number of rotatable bonds is 6. The fraction of sp³-hybridized carbons (Fsp3) is 0.611. The van der Waals surface area contributed by atoms with E-state index in [0.29, 0.717) is 18.6 Å². The number of carbonyl (C=O) groups excluding carboxylic acids is 1. The lowest BCUT2D eigenvalue weighted by molar-refractivity contribution is 0.207. The predicted molar refractivity (Wildman–Crippen MR) is 89.0 cm³/mol. The second kappa shape index (κ2) is 8.06. The molecular weight excluding hydrogens is 276 g/mol. The Bertz CT molecular complexity index is 482. The van der Waals surface area contributed by atoms with Crippen LogP contribution >= 0.6 is 0 Å². The zero-order chi connectivity index (χ0) is 15.9. The Labute approximate surface area is 133 Å². The third-order valence-electron chi connectivity index (χ3n) is 4.37. The van der Waals surface area contributed by atoms with Gasteiger partial charge in [-0.1, -0.05) is 32.0 Å². The third kappa shape index (κ3) is 4.93. The number of hydrogen-bond acceptors (Lipinski definition) is 2. The summed E-state index contributed by atoms with van der Waals surface area (Å²) in [6.45, 7) is 6.69. The summed E-state index contributed by atoms with van der Waals surface area (Å²) in [7, 11) is 0. The van der Waals surface area contributed by atoms with Gasteiger partial charge in [-0.25, -0.2) is 4.79 Å². The number of amides is 2. The fourth-order valence-corrected chi connectivity index (χ4v) is 2.55. The first-order valence-electron chi connectivity index (χ1n) is 8.35. The average Bonchev–Trinajstić information content (AvgIpc) is 2.99. The lowest BCUT2D eigenvalue weighted by Gasteiger charge is -2.19. The van der Waals surface area contributed by atoms with Gasteiger partial charge in [0.2, 0.25) is 0 Å². The summed E-state index contributed by atoms with van der Waals surface area (Å²) in [6.07, 6.45) is 5.10. The van der Waals surface area contributed by atoms with Gasteiger partial charge in [0.15, 0.2) is 0 Å². The van der Waals surface area contributed by atoms with Gasteiger partial charge in [-0.3, -0.25) is 0 Å². The highest BCUT2D eigenvalue weighted by Gasteiger charge is 2.18. The van der Waals surface area contributed by atoms with Crippen LogP contribution in [0.3, 0.4) is 0 Å². The Hall–Kier alpha value is -1.71. The summed E-state index contributed by atoms with van der Waals surface area (Å²) in [6, 6.07) is 7.99. The molecule has 1 aliphatic rings. The van der Waals surface area contributed by atoms with Crippen molar-refractivity contribution < 1.29 is 9.53 Å². The molecule has 4 heteroatoms. The molecule has 0 bridgehead atoms. The standard InChI is InChI=1S/C18H28N2O2/c1-13(2)14(3)20-18(21)19-12-15-8-4-7-11-17(15)22-16-9-5-6-10-16/h4,7-8,11,13-14,16H,5-6,9-10,12H2,1-3H3,(H2,19,20,21). The van der Waals surface area contributed by atoms with E-state index in [-0.39, 0.29) is 12.1 Å². The average molecular weight is 304 g/mol. The summed E-state index contributed by atoms with van der Waals surface area (Å²) in [5.41, 5.74) is 1.03. The molecule has 0 aliphatic heterocycles. The molecule has 1 atom stereocenters. The van der Waals surface area contributed by atoms with E-state index < -0.39 is 0 Å². The van der Waals surface area contributed by atoms with Crippen molar-refractivity contribution in [1.29, 1.82) is 0 Å². The molecule has 1 saturated carbocycles. The van der Waals surface area contributed by atoms with Gasteiger partial charge in [-0.2, -0.15) is 0 Å². The normalized spacial score (nSPS) is 16.5. The largest absolute Gasteiger partial charge is 0.490 e. The second-order valence-corrected chi connectivity index (χ2v) is 6.49. The minimum absolute atomic E-state index is 0.128. The van der Waals surface area contributed by atoms with Gasteiger partial charge in [0.25, 0.3) is 0 Å². The molecule has 122 valence electrons. The number of carbonyl (C=O) groups is 1. The molecule has 0 radical (unpaired) electrons. The molecule has 0 heterocycles. The molecule has 0 spiro atoms. The Morgan fingerprint density at radius 2 is 1.91 bits per heavy atom. The number of nitrogens with one attached hydrogen (secondary N) is 2. The van der Waals surface area contributed by atoms with Crippen molar-refractivity contribution in [3.63, 3.8) is 0 Å². The first-order chi connectivity index (χ1) is 10.6. The van der Waals surface area contributed by atoms with Gasteiger partial charge in [-0.15, -0.1) is 0 Å². The molecule has 0 saturated heterocycles. The van der Waals surface area contributed by atoms with Crippen LogP contribution in [0.15, 0.2) is 24.3 Å². The van der Waals surface area contributed by atoms with Crippen molar-refractivity contribution in [3.05, 3.63) is 29.8 Å². The van der Waals surface area contributed by atoms with Crippen molar-refractivity contribution in [3.8, 4) is 5.75 Å². The highest BCUT2D eigenvalue weighted by atomic mass is 16.5. The van der Waals surface area contributed by atoms with Crippen molar-refractivity contribution in [1.82, 2.24) is 10.6 Å². The van der Waals surface area contributed by atoms with Gasteiger partial charge in [-0.05, 0) is 44.6 Å². The van der Waals surface area contributed by atoms with E-state index in [0.717, 1.165) is 24.2 Å². The Kier molecular flexibility index (Phi) is 6.10. The van der Waals surface area contributed by atoms with Gasteiger partial charge in [0.05, 0.1) is 6.10 Å². The maximum atomic E-state index is 11.9. The lowest BCUT2D eigenvalue weighted by Crippen LogP contribution is -2.42. The molecule has 1 aromatic carbocycles. The highest BCUT2D eigenvalue weighted by Crippen LogP contribution is 2.26. The quantitative estimate of drug-likeness (QED) is 0.838. The SMILES string of the molecule is CC(C)C(C)NC(=O)NCc1ccccc1OC1CCCC1. The molecule has 2 N–H and O–H groups in total. The maximum Gasteiger partial charge on any atom is 0.315 e. The molecule has 4 nitrogen and oxygen atoms in total. The topological polar surface area (TPSA) is 50.4 Å². The smallest absolute Gasteiger partial charge is 0.315 e. The van der Waals surface area contributed by atoms with Crippen molar-refractivity contribution in [2.24, 2.45) is 5.92 Å². The first kappa shape index (κ1) is 16.7. The van der Waals surface area contributed by atoms with Crippen LogP contribution in [0.4, 0.5) is 4.79 Å². The van der Waals surface area contributed by atoms with Crippen LogP contribution in [-0.4, -0.2) is 18.2 Å². The summed E-state index contributed by atoms with van der Waals surface area (Å²) in [4.78, 5) is 11.9. The predicted octanol–water partition coefficient (Wildman–Crippen LogP) is 3.85. The van der Waals surface area contributed by atoms with Crippen molar-refractivity contribution in [2.45, 2.75) is 65.1 Å². The van der Waals surface area contributed by atoms with E-state index >= 15 is 0 Å². The minimum atomic E-state index is -0.128. The number of urea groups is 1. The third-order valence-corrected chi connectivity index (χ3v) is 4.37. The Balaban J connectivity index is 1.88. The zero-order valence-electron chi connectivity index (χ0n) is 13.9. The van der Waals surface area contributed by atoms with Crippen LogP contribution in [0.25, 0.3) is 0 Å². The van der Waals surface area contributed by atoms with Crippen LogP contribution in [0.2, 0.25) is 0 Å². The van der Waals surface area contributed by atoms with Gasteiger partial charge in [0, 0.05) is 18.2 Å². The van der Waals surface area contributed by atoms with Crippen LogP contribution in [0.5, 0.6) is 5.75 Å². The van der Waals surface area contributed by atoms with Gasteiger partial charge < -0.3 is 15.4 Å². The summed E-state index contributed by atoms with van der Waals surface area (Å²) in [5, 5.41) is 5.87. The molecule has 2 amide bonds. The maximum absolute atomic E-state index is 11.9. The van der Waals surface area contributed by atoms with E-state index in [1.807, 2.05) is 31.2 Å². The molecule has 1 aliphatic carbocycles. The minimum Gasteiger partial charge on any atom is -0.490 e. The summed E-state index contributed by atoms with van der Waals surface area (Å²) >= 11 is 0. The number of ether oxygens (including phenoxy) is 1. The van der Waals surface area contributed by atoms with Crippen LogP contribution in [0, 0.1) is 5.92 Å². The van der Waals surface area contributed by atoms with Gasteiger partial charge in [0.1, 0.15) is 5.75 Å². The Morgan fingerprint density at radius 1 is 1.23 bits per heavy atom. The molecule has 1 fully saturated rings. The summed E-state index contributed by atoms with van der Waals surface area (Å²) < 4.78 is 6.09. The first-order valence-corrected chi connectivity index (χ1v) is 8.35. The van der Waals surface area contributed by atoms with E-state index in [4.69, 9.17) is 4.74 Å². The molecule has 22 heavy (non-hydrogen) atoms. The summed E-state index contributed by atoms with van der Waals surface area (Å²) in [5.74, 6) is 1.32. The fourth-order valence-electron chi connectivity index (χ4n) is 2.55.